The lowest BCUT2D eigenvalue weighted by atomic mass is 10.1. The summed E-state index contributed by atoms with van der Waals surface area (Å²) in [6.45, 7) is 0.434. The third-order valence-corrected chi connectivity index (χ3v) is 2.97. The Bertz CT molecular complexity index is 625. The van der Waals surface area contributed by atoms with E-state index in [1.807, 2.05) is 0 Å². The molecule has 0 radical (unpaired) electrons. The van der Waals surface area contributed by atoms with E-state index in [4.69, 9.17) is 0 Å². The predicted molar refractivity (Wildman–Crippen MR) is 70.1 cm³/mol. The molecule has 0 heterocycles. The van der Waals surface area contributed by atoms with Gasteiger partial charge in [0.25, 0.3) is 0 Å². The standard InChI is InChI=1S/C15H13F4NO/c16-13-6-5-10(7-12(13)15(17,18)19)8-20-9-11-3-1-2-4-14(11)21/h1-7,20-21H,8-9H2. The van der Waals surface area contributed by atoms with Crippen molar-refractivity contribution in [2.24, 2.45) is 0 Å². The average molecular weight is 299 g/mol. The van der Waals surface area contributed by atoms with Gasteiger partial charge < -0.3 is 10.4 Å². The van der Waals surface area contributed by atoms with E-state index in [1.165, 1.54) is 12.1 Å². The van der Waals surface area contributed by atoms with Gasteiger partial charge in [-0.15, -0.1) is 0 Å². The van der Waals surface area contributed by atoms with Crippen LogP contribution in [0.5, 0.6) is 5.75 Å². The maximum absolute atomic E-state index is 13.1. The van der Waals surface area contributed by atoms with Crippen LogP contribution in [0.15, 0.2) is 42.5 Å². The Balaban J connectivity index is 2.03. The van der Waals surface area contributed by atoms with E-state index in [0.29, 0.717) is 17.7 Å². The molecular weight excluding hydrogens is 286 g/mol. The summed E-state index contributed by atoms with van der Waals surface area (Å²) in [4.78, 5) is 0. The summed E-state index contributed by atoms with van der Waals surface area (Å²) in [5, 5.41) is 12.5. The first-order chi connectivity index (χ1) is 9.88. The first-order valence-corrected chi connectivity index (χ1v) is 6.21. The topological polar surface area (TPSA) is 32.3 Å². The highest BCUT2D eigenvalue weighted by Gasteiger charge is 2.34. The number of nitrogens with one attached hydrogen (secondary N) is 1. The van der Waals surface area contributed by atoms with E-state index < -0.39 is 17.6 Å². The smallest absolute Gasteiger partial charge is 0.419 e. The molecule has 0 aliphatic carbocycles. The lowest BCUT2D eigenvalue weighted by Crippen LogP contribution is -2.14. The molecule has 2 rings (SSSR count). The molecule has 2 N–H and O–H groups in total. The Kier molecular flexibility index (Phi) is 4.47. The molecule has 0 amide bonds. The normalized spacial score (nSPS) is 11.6. The molecule has 2 aromatic rings. The molecule has 6 heteroatoms. The zero-order valence-corrected chi connectivity index (χ0v) is 10.9. The first kappa shape index (κ1) is 15.3. The van der Waals surface area contributed by atoms with Crippen LogP contribution in [0.4, 0.5) is 17.6 Å². The molecule has 0 fully saturated rings. The molecule has 0 aliphatic rings. The van der Waals surface area contributed by atoms with Gasteiger partial charge in [-0.05, 0) is 23.8 Å². The minimum Gasteiger partial charge on any atom is -0.508 e. The maximum Gasteiger partial charge on any atom is 0.419 e. The molecule has 112 valence electrons. The van der Waals surface area contributed by atoms with Crippen molar-refractivity contribution in [2.75, 3.05) is 0 Å². The van der Waals surface area contributed by atoms with Crippen LogP contribution in [-0.4, -0.2) is 5.11 Å². The third kappa shape index (κ3) is 3.95. The number of hydrogen-bond acceptors (Lipinski definition) is 2. The van der Waals surface area contributed by atoms with Crippen LogP contribution < -0.4 is 5.32 Å². The third-order valence-electron chi connectivity index (χ3n) is 2.97. The Morgan fingerprint density at radius 1 is 1.00 bits per heavy atom. The van der Waals surface area contributed by atoms with Crippen molar-refractivity contribution in [3.8, 4) is 5.75 Å². The van der Waals surface area contributed by atoms with Crippen molar-refractivity contribution < 1.29 is 22.7 Å². The zero-order chi connectivity index (χ0) is 15.5. The number of alkyl halides is 3. The fourth-order valence-corrected chi connectivity index (χ4v) is 1.90. The molecular formula is C15H13F4NO. The molecule has 0 aromatic heterocycles. The molecule has 0 atom stereocenters. The molecule has 0 saturated heterocycles. The summed E-state index contributed by atoms with van der Waals surface area (Å²) < 4.78 is 50.9. The minimum atomic E-state index is -4.71. The van der Waals surface area contributed by atoms with Crippen molar-refractivity contribution in [3.05, 3.63) is 65.0 Å². The minimum absolute atomic E-state index is 0.111. The van der Waals surface area contributed by atoms with E-state index in [-0.39, 0.29) is 12.3 Å². The predicted octanol–water partition coefficient (Wildman–Crippen LogP) is 3.84. The van der Waals surface area contributed by atoms with Gasteiger partial charge in [-0.1, -0.05) is 24.3 Å². The van der Waals surface area contributed by atoms with Crippen LogP contribution >= 0.6 is 0 Å². The number of aromatic hydroxyl groups is 1. The quantitative estimate of drug-likeness (QED) is 0.841. The van der Waals surface area contributed by atoms with Crippen LogP contribution in [0.1, 0.15) is 16.7 Å². The highest BCUT2D eigenvalue weighted by molar-refractivity contribution is 5.32. The number of rotatable bonds is 4. The number of benzene rings is 2. The number of phenols is 1. The van der Waals surface area contributed by atoms with Crippen LogP contribution in [0.3, 0.4) is 0 Å². The molecule has 0 bridgehead atoms. The summed E-state index contributed by atoms with van der Waals surface area (Å²) in [6.07, 6.45) is -4.71. The number of halogens is 4. The van der Waals surface area contributed by atoms with E-state index in [1.54, 1.807) is 18.2 Å². The van der Waals surface area contributed by atoms with Crippen LogP contribution in [0.2, 0.25) is 0 Å². The lowest BCUT2D eigenvalue weighted by molar-refractivity contribution is -0.140. The fourth-order valence-electron chi connectivity index (χ4n) is 1.90. The van der Waals surface area contributed by atoms with E-state index >= 15 is 0 Å². The Morgan fingerprint density at radius 3 is 2.38 bits per heavy atom. The van der Waals surface area contributed by atoms with Gasteiger partial charge >= 0.3 is 6.18 Å². The summed E-state index contributed by atoms with van der Waals surface area (Å²) in [5.74, 6) is -1.17. The van der Waals surface area contributed by atoms with E-state index in [0.717, 1.165) is 12.1 Å². The fraction of sp³-hybridized carbons (Fsp3) is 0.200. The Labute approximate surface area is 119 Å². The summed E-state index contributed by atoms with van der Waals surface area (Å²) in [5.41, 5.74) is -0.320. The van der Waals surface area contributed by atoms with Crippen molar-refractivity contribution in [1.82, 2.24) is 5.32 Å². The van der Waals surface area contributed by atoms with Crippen molar-refractivity contribution in [2.45, 2.75) is 19.3 Å². The molecule has 0 saturated carbocycles. The maximum atomic E-state index is 13.1. The first-order valence-electron chi connectivity index (χ1n) is 6.21. The molecule has 2 nitrogen and oxygen atoms in total. The van der Waals surface area contributed by atoms with Gasteiger partial charge in [0.05, 0.1) is 5.56 Å². The number of phenolic OH excluding ortho intramolecular Hbond substituents is 1. The van der Waals surface area contributed by atoms with E-state index in [2.05, 4.69) is 5.32 Å². The van der Waals surface area contributed by atoms with Gasteiger partial charge in [-0.2, -0.15) is 13.2 Å². The average Bonchev–Trinajstić information content (AvgIpc) is 2.41. The van der Waals surface area contributed by atoms with Crippen LogP contribution in [0.25, 0.3) is 0 Å². The van der Waals surface area contributed by atoms with Crippen LogP contribution in [0, 0.1) is 5.82 Å². The van der Waals surface area contributed by atoms with Crippen molar-refractivity contribution in [1.29, 1.82) is 0 Å². The Hall–Kier alpha value is -2.08. The summed E-state index contributed by atoms with van der Waals surface area (Å²) in [7, 11) is 0. The van der Waals surface area contributed by atoms with Gasteiger partial charge in [0.15, 0.2) is 0 Å². The molecule has 21 heavy (non-hydrogen) atoms. The van der Waals surface area contributed by atoms with Gasteiger partial charge in [0.1, 0.15) is 11.6 Å². The molecule has 0 spiro atoms. The SMILES string of the molecule is Oc1ccccc1CNCc1ccc(F)c(C(F)(F)F)c1. The second kappa shape index (κ2) is 6.13. The molecule has 0 aliphatic heterocycles. The Morgan fingerprint density at radius 2 is 1.71 bits per heavy atom. The summed E-state index contributed by atoms with van der Waals surface area (Å²) in [6, 6.07) is 9.53. The number of para-hydroxylation sites is 1. The highest BCUT2D eigenvalue weighted by Crippen LogP contribution is 2.31. The van der Waals surface area contributed by atoms with Gasteiger partial charge in [-0.3, -0.25) is 0 Å². The van der Waals surface area contributed by atoms with Crippen molar-refractivity contribution in [3.63, 3.8) is 0 Å². The largest absolute Gasteiger partial charge is 0.508 e. The monoisotopic (exact) mass is 299 g/mol. The van der Waals surface area contributed by atoms with Gasteiger partial charge in [-0.25, -0.2) is 4.39 Å². The zero-order valence-electron chi connectivity index (χ0n) is 10.9. The second-order valence-electron chi connectivity index (χ2n) is 4.54. The molecule has 0 unspecified atom stereocenters. The van der Waals surface area contributed by atoms with Crippen LogP contribution in [-0.2, 0) is 19.3 Å². The molecule has 2 aromatic carbocycles. The van der Waals surface area contributed by atoms with Gasteiger partial charge in [0, 0.05) is 18.7 Å². The van der Waals surface area contributed by atoms with Gasteiger partial charge in [0.2, 0.25) is 0 Å². The lowest BCUT2D eigenvalue weighted by Gasteiger charge is -2.11. The summed E-state index contributed by atoms with van der Waals surface area (Å²) >= 11 is 0. The van der Waals surface area contributed by atoms with Crippen molar-refractivity contribution >= 4 is 0 Å². The highest BCUT2D eigenvalue weighted by atomic mass is 19.4. The second-order valence-corrected chi connectivity index (χ2v) is 4.54. The van der Waals surface area contributed by atoms with E-state index in [9.17, 15) is 22.7 Å². The number of hydrogen-bond donors (Lipinski definition) is 2.